The Bertz CT molecular complexity index is 4130. The quantitative estimate of drug-likeness (QED) is 0.143. The van der Waals surface area contributed by atoms with Gasteiger partial charge >= 0.3 is 0 Å². The SMILES string of the molecule is c1ccc(C2(c3ccccc3)c3ccccc3-c3c(-c4cccc(N(c5ccc(-c6ccc(-c7ccc8ccccc8c7)cc6)cc5)c5ccc(-c6ccc7oc8ccccc8c7c6)cc5)c4)cccc32)cc1. The summed E-state index contributed by atoms with van der Waals surface area (Å²) in [7, 11) is 0. The monoisotopic (exact) mass is 929 g/mol. The van der Waals surface area contributed by atoms with E-state index >= 15 is 0 Å². The lowest BCUT2D eigenvalue weighted by molar-refractivity contribution is 0.669. The minimum atomic E-state index is -0.483. The summed E-state index contributed by atoms with van der Waals surface area (Å²) in [6.07, 6.45) is 0. The fourth-order valence-corrected chi connectivity index (χ4v) is 11.7. The van der Waals surface area contributed by atoms with Crippen LogP contribution < -0.4 is 4.90 Å². The first-order chi connectivity index (χ1) is 36.2. The van der Waals surface area contributed by atoms with Crippen molar-refractivity contribution in [3.8, 4) is 55.6 Å². The molecule has 1 aromatic heterocycles. The van der Waals surface area contributed by atoms with Gasteiger partial charge in [0.2, 0.25) is 0 Å². The molecule has 0 fully saturated rings. The average molecular weight is 930 g/mol. The molecule has 2 heteroatoms. The number of rotatable bonds is 9. The van der Waals surface area contributed by atoms with Crippen LogP contribution in [0.1, 0.15) is 22.3 Å². The number of benzene rings is 12. The first-order valence-corrected chi connectivity index (χ1v) is 25.1. The molecule has 0 spiro atoms. The highest BCUT2D eigenvalue weighted by atomic mass is 16.3. The number of nitrogens with zero attached hydrogens (tertiary/aromatic N) is 1. The minimum absolute atomic E-state index is 0.483. The summed E-state index contributed by atoms with van der Waals surface area (Å²) >= 11 is 0. The van der Waals surface area contributed by atoms with E-state index in [9.17, 15) is 0 Å². The van der Waals surface area contributed by atoms with Gasteiger partial charge < -0.3 is 9.32 Å². The molecule has 0 saturated carbocycles. The Labute approximate surface area is 425 Å². The van der Waals surface area contributed by atoms with Gasteiger partial charge in [0.15, 0.2) is 0 Å². The highest BCUT2D eigenvalue weighted by Crippen LogP contribution is 2.58. The van der Waals surface area contributed by atoms with E-state index in [4.69, 9.17) is 4.42 Å². The minimum Gasteiger partial charge on any atom is -0.456 e. The fraction of sp³-hybridized carbons (Fsp3) is 0.0141. The molecule has 0 atom stereocenters. The molecule has 0 saturated heterocycles. The predicted molar refractivity (Wildman–Crippen MR) is 305 cm³/mol. The second-order valence-corrected chi connectivity index (χ2v) is 19.2. The van der Waals surface area contributed by atoms with Gasteiger partial charge in [-0.1, -0.05) is 224 Å². The van der Waals surface area contributed by atoms with Gasteiger partial charge in [-0.05, 0) is 149 Å². The van der Waals surface area contributed by atoms with Gasteiger partial charge in [-0.3, -0.25) is 0 Å². The van der Waals surface area contributed by atoms with Gasteiger partial charge in [0.25, 0.3) is 0 Å². The molecule has 2 nitrogen and oxygen atoms in total. The Hall–Kier alpha value is -9.50. The fourth-order valence-electron chi connectivity index (χ4n) is 11.7. The summed E-state index contributed by atoms with van der Waals surface area (Å²) in [6.45, 7) is 0. The van der Waals surface area contributed by atoms with E-state index in [0.29, 0.717) is 0 Å². The van der Waals surface area contributed by atoms with Crippen LogP contribution in [0.3, 0.4) is 0 Å². The van der Waals surface area contributed by atoms with Gasteiger partial charge in [-0.2, -0.15) is 0 Å². The van der Waals surface area contributed by atoms with Crippen molar-refractivity contribution in [1.29, 1.82) is 0 Å². The van der Waals surface area contributed by atoms with Crippen LogP contribution in [-0.2, 0) is 5.41 Å². The van der Waals surface area contributed by atoms with Crippen LogP contribution in [0.5, 0.6) is 0 Å². The number of furan rings is 1. The first-order valence-electron chi connectivity index (χ1n) is 25.1. The van der Waals surface area contributed by atoms with Crippen LogP contribution in [0.25, 0.3) is 88.3 Å². The zero-order valence-corrected chi connectivity index (χ0v) is 40.0. The maximum Gasteiger partial charge on any atom is 0.135 e. The van der Waals surface area contributed by atoms with E-state index in [0.717, 1.165) is 55.7 Å². The Morgan fingerprint density at radius 1 is 0.274 bits per heavy atom. The summed E-state index contributed by atoms with van der Waals surface area (Å²) in [5.74, 6) is 0. The maximum absolute atomic E-state index is 6.19. The lowest BCUT2D eigenvalue weighted by Crippen LogP contribution is -2.28. The van der Waals surface area contributed by atoms with E-state index in [2.05, 4.69) is 278 Å². The van der Waals surface area contributed by atoms with Crippen LogP contribution in [0, 0.1) is 0 Å². The maximum atomic E-state index is 6.19. The molecule has 0 bridgehead atoms. The molecule has 1 aliphatic carbocycles. The molecule has 1 aliphatic rings. The zero-order valence-electron chi connectivity index (χ0n) is 40.0. The van der Waals surface area contributed by atoms with E-state index in [1.165, 1.54) is 72.0 Å². The standard InChI is InChI=1S/C71H47NO/c1-3-18-57(19-4-1)71(58-20-5-2-6-21-58)66-26-11-9-24-64(66)70-62(25-14-27-67(70)71)56-17-13-22-61(46-56)72(60-42-37-52(38-43-60)55-39-44-69-65(47-55)63-23-10-12-28-68(63)73-69)59-40-35-50(36-41-59)49-29-31-51(32-30-49)54-34-33-48-15-7-8-16-53(48)45-54/h1-47H. The molecule has 0 unspecified atom stereocenters. The number of hydrogen-bond acceptors (Lipinski definition) is 2. The van der Waals surface area contributed by atoms with E-state index in [1.807, 2.05) is 12.1 Å². The lowest BCUT2D eigenvalue weighted by Gasteiger charge is -2.34. The molecule has 12 aromatic carbocycles. The molecule has 0 N–H and O–H groups in total. The predicted octanol–water partition coefficient (Wildman–Crippen LogP) is 19.2. The van der Waals surface area contributed by atoms with Crippen LogP contribution in [0.15, 0.2) is 290 Å². The third-order valence-electron chi connectivity index (χ3n) is 15.2. The summed E-state index contributed by atoms with van der Waals surface area (Å²) in [6, 6.07) is 104. The molecule has 13 aromatic rings. The van der Waals surface area contributed by atoms with E-state index in [1.54, 1.807) is 0 Å². The number of anilines is 3. The number of para-hydroxylation sites is 1. The van der Waals surface area contributed by atoms with Crippen molar-refractivity contribution < 1.29 is 4.42 Å². The van der Waals surface area contributed by atoms with Crippen molar-refractivity contribution in [2.45, 2.75) is 5.41 Å². The van der Waals surface area contributed by atoms with Gasteiger partial charge in [-0.15, -0.1) is 0 Å². The molecule has 1 heterocycles. The highest BCUT2D eigenvalue weighted by molar-refractivity contribution is 6.06. The van der Waals surface area contributed by atoms with E-state index in [-0.39, 0.29) is 0 Å². The second kappa shape index (κ2) is 17.4. The number of fused-ring (bicyclic) bond motifs is 7. The van der Waals surface area contributed by atoms with Gasteiger partial charge in [-0.25, -0.2) is 0 Å². The normalized spacial score (nSPS) is 12.5. The summed E-state index contributed by atoms with van der Waals surface area (Å²) in [5.41, 5.74) is 21.6. The summed E-state index contributed by atoms with van der Waals surface area (Å²) in [4.78, 5) is 2.39. The molecule has 0 aliphatic heterocycles. The molecular weight excluding hydrogens is 883 g/mol. The Kier molecular flexibility index (Phi) is 10.1. The van der Waals surface area contributed by atoms with Crippen LogP contribution >= 0.6 is 0 Å². The lowest BCUT2D eigenvalue weighted by atomic mass is 9.67. The molecule has 0 radical (unpaired) electrons. The zero-order chi connectivity index (χ0) is 48.3. The van der Waals surface area contributed by atoms with E-state index < -0.39 is 5.41 Å². The van der Waals surface area contributed by atoms with Crippen molar-refractivity contribution in [2.24, 2.45) is 0 Å². The number of hydrogen-bond donors (Lipinski definition) is 0. The molecule has 0 amide bonds. The molecule has 73 heavy (non-hydrogen) atoms. The van der Waals surface area contributed by atoms with Gasteiger partial charge in [0, 0.05) is 27.8 Å². The molecular formula is C71H47NO. The first kappa shape index (κ1) is 42.4. The average Bonchev–Trinajstić information content (AvgIpc) is 4.00. The Morgan fingerprint density at radius 2 is 0.781 bits per heavy atom. The largest absolute Gasteiger partial charge is 0.456 e. The third-order valence-corrected chi connectivity index (χ3v) is 15.2. The Balaban J connectivity index is 0.874. The van der Waals surface area contributed by atoms with Crippen LogP contribution in [0.2, 0.25) is 0 Å². The summed E-state index contributed by atoms with van der Waals surface area (Å²) < 4.78 is 6.19. The summed E-state index contributed by atoms with van der Waals surface area (Å²) in [5, 5.41) is 4.76. The highest BCUT2D eigenvalue weighted by Gasteiger charge is 2.46. The van der Waals surface area contributed by atoms with Crippen molar-refractivity contribution in [2.75, 3.05) is 4.90 Å². The second-order valence-electron chi connectivity index (χ2n) is 19.2. The van der Waals surface area contributed by atoms with Gasteiger partial charge in [0.1, 0.15) is 11.2 Å². The topological polar surface area (TPSA) is 16.4 Å². The Morgan fingerprint density at radius 3 is 1.49 bits per heavy atom. The van der Waals surface area contributed by atoms with Gasteiger partial charge in [0.05, 0.1) is 5.41 Å². The van der Waals surface area contributed by atoms with Crippen LogP contribution in [0.4, 0.5) is 17.1 Å². The van der Waals surface area contributed by atoms with Crippen molar-refractivity contribution in [1.82, 2.24) is 0 Å². The van der Waals surface area contributed by atoms with Crippen molar-refractivity contribution in [3.63, 3.8) is 0 Å². The smallest absolute Gasteiger partial charge is 0.135 e. The third kappa shape index (κ3) is 7.10. The van der Waals surface area contributed by atoms with Crippen molar-refractivity contribution >= 4 is 49.8 Å². The molecule has 14 rings (SSSR count). The van der Waals surface area contributed by atoms with Crippen molar-refractivity contribution in [3.05, 3.63) is 307 Å². The molecule has 342 valence electrons. The van der Waals surface area contributed by atoms with Crippen LogP contribution in [-0.4, -0.2) is 0 Å².